The second-order valence-corrected chi connectivity index (χ2v) is 8.49. The van der Waals surface area contributed by atoms with E-state index in [1.165, 1.54) is 0 Å². The lowest BCUT2D eigenvalue weighted by atomic mass is 10.3. The molecule has 0 aromatic heterocycles. The van der Waals surface area contributed by atoms with E-state index in [4.69, 9.17) is 18.0 Å². The maximum absolute atomic E-state index is 12.1. The van der Waals surface area contributed by atoms with Gasteiger partial charge < -0.3 is 22.9 Å². The lowest BCUT2D eigenvalue weighted by molar-refractivity contribution is -0.142. The Hall–Kier alpha value is -1.41. The van der Waals surface area contributed by atoms with Gasteiger partial charge >= 0.3 is 14.8 Å². The lowest BCUT2D eigenvalue weighted by Crippen LogP contribution is -2.46. The minimum atomic E-state index is -2.65. The number of carbonyl (C=O) groups is 1. The number of esters is 1. The quantitative estimate of drug-likeness (QED) is 0.245. The Bertz CT molecular complexity index is 510. The molecule has 25 heavy (non-hydrogen) atoms. The van der Waals surface area contributed by atoms with Gasteiger partial charge in [-0.1, -0.05) is 18.2 Å². The summed E-state index contributed by atoms with van der Waals surface area (Å²) in [5.74, 6) is -0.166. The molecule has 1 saturated heterocycles. The van der Waals surface area contributed by atoms with Crippen molar-refractivity contribution in [1.29, 1.82) is 0 Å². The summed E-state index contributed by atoms with van der Waals surface area (Å²) < 4.78 is 22.8. The third kappa shape index (κ3) is 5.81. The molecule has 0 radical (unpaired) electrons. The summed E-state index contributed by atoms with van der Waals surface area (Å²) in [5.41, 5.74) is 1.06. The maximum Gasteiger partial charge on any atom is 0.501 e. The van der Waals surface area contributed by atoms with Gasteiger partial charge in [0.05, 0.1) is 13.2 Å². The van der Waals surface area contributed by atoms with Crippen LogP contribution in [-0.4, -0.2) is 53.8 Å². The first-order valence-electron chi connectivity index (χ1n) is 9.06. The lowest BCUT2D eigenvalue weighted by Gasteiger charge is -2.28. The Morgan fingerprint density at radius 2 is 1.68 bits per heavy atom. The number of hydrogen-bond acceptors (Lipinski definition) is 6. The third-order valence-corrected chi connectivity index (χ3v) is 7.09. The summed E-state index contributed by atoms with van der Waals surface area (Å²) in [7, 11) is -2.65. The molecular weight excluding hydrogens is 338 g/mol. The van der Waals surface area contributed by atoms with Gasteiger partial charge in [-0.15, -0.1) is 0 Å². The highest BCUT2D eigenvalue weighted by molar-refractivity contribution is 6.60. The van der Waals surface area contributed by atoms with Crippen molar-refractivity contribution in [2.75, 3.05) is 37.9 Å². The van der Waals surface area contributed by atoms with Crippen LogP contribution in [0.25, 0.3) is 0 Å². The highest BCUT2D eigenvalue weighted by atomic mass is 28.4. The third-order valence-electron chi connectivity index (χ3n) is 3.94. The van der Waals surface area contributed by atoms with E-state index in [9.17, 15) is 4.79 Å². The molecule has 7 heteroatoms. The van der Waals surface area contributed by atoms with E-state index in [1.54, 1.807) is 0 Å². The highest BCUT2D eigenvalue weighted by Gasteiger charge is 2.42. The Kier molecular flexibility index (Phi) is 7.89. The second-order valence-electron chi connectivity index (χ2n) is 5.76. The Morgan fingerprint density at radius 3 is 2.24 bits per heavy atom. The van der Waals surface area contributed by atoms with E-state index < -0.39 is 8.80 Å². The number of para-hydroxylation sites is 1. The smallest absolute Gasteiger partial charge is 0.464 e. The predicted octanol–water partition coefficient (Wildman–Crippen LogP) is 2.86. The molecule has 6 nitrogen and oxygen atoms in total. The van der Waals surface area contributed by atoms with Crippen LogP contribution < -0.4 is 4.90 Å². The fraction of sp³-hybridized carbons (Fsp3) is 0.611. The van der Waals surface area contributed by atoms with E-state index in [0.717, 1.165) is 12.2 Å². The van der Waals surface area contributed by atoms with Crippen LogP contribution in [0.4, 0.5) is 5.69 Å². The van der Waals surface area contributed by atoms with Crippen molar-refractivity contribution in [3.05, 3.63) is 30.3 Å². The van der Waals surface area contributed by atoms with Crippen molar-refractivity contribution in [1.82, 2.24) is 0 Å². The van der Waals surface area contributed by atoms with Crippen molar-refractivity contribution < 1.29 is 22.8 Å². The summed E-state index contributed by atoms with van der Waals surface area (Å²) in [4.78, 5) is 14.2. The number of nitrogens with zero attached hydrogens (tertiary/aromatic N) is 1. The Morgan fingerprint density at radius 1 is 1.08 bits per heavy atom. The molecule has 0 saturated carbocycles. The molecule has 0 spiro atoms. The summed E-state index contributed by atoms with van der Waals surface area (Å²) >= 11 is 0. The molecule has 140 valence electrons. The van der Waals surface area contributed by atoms with Gasteiger partial charge in [-0.25, -0.2) is 4.79 Å². The van der Waals surface area contributed by atoms with Gasteiger partial charge in [-0.3, -0.25) is 0 Å². The molecular formula is C18H29NO5Si. The van der Waals surface area contributed by atoms with E-state index in [2.05, 4.69) is 0 Å². The summed E-state index contributed by atoms with van der Waals surface area (Å²) in [5, 5.41) is 0. The van der Waals surface area contributed by atoms with Gasteiger partial charge in [-0.05, 0) is 39.3 Å². The van der Waals surface area contributed by atoms with Gasteiger partial charge in [0.15, 0.2) is 0 Å². The number of carbonyl (C=O) groups excluding carboxylic acids is 1. The van der Waals surface area contributed by atoms with Crippen LogP contribution in [0.5, 0.6) is 0 Å². The average molecular weight is 368 g/mol. The first-order valence-corrected chi connectivity index (χ1v) is 11.0. The van der Waals surface area contributed by atoms with Crippen LogP contribution in [0, 0.1) is 0 Å². The minimum absolute atomic E-state index is 0.157. The fourth-order valence-electron chi connectivity index (χ4n) is 2.80. The molecule has 1 aliphatic heterocycles. The van der Waals surface area contributed by atoms with Crippen LogP contribution in [-0.2, 0) is 22.8 Å². The summed E-state index contributed by atoms with van der Waals surface area (Å²) in [6.45, 7) is 8.56. The Labute approximate surface area is 151 Å². The van der Waals surface area contributed by atoms with Crippen LogP contribution in [0.15, 0.2) is 30.3 Å². The second kappa shape index (κ2) is 9.91. The molecule has 0 bridgehead atoms. The fourth-order valence-corrected chi connectivity index (χ4v) is 5.38. The minimum Gasteiger partial charge on any atom is -0.464 e. The topological polar surface area (TPSA) is 57.0 Å². The van der Waals surface area contributed by atoms with Gasteiger partial charge in [-0.2, -0.15) is 0 Å². The van der Waals surface area contributed by atoms with Crippen molar-refractivity contribution >= 4 is 20.5 Å². The largest absolute Gasteiger partial charge is 0.501 e. The molecule has 1 fully saturated rings. The monoisotopic (exact) mass is 367 g/mol. The average Bonchev–Trinajstić information content (AvgIpc) is 3.41. The normalized spacial score (nSPS) is 16.8. The maximum atomic E-state index is 12.1. The van der Waals surface area contributed by atoms with E-state index in [0.29, 0.717) is 38.9 Å². The van der Waals surface area contributed by atoms with E-state index >= 15 is 0 Å². The molecule has 1 aromatic carbocycles. The zero-order valence-corrected chi connectivity index (χ0v) is 16.4. The van der Waals surface area contributed by atoms with E-state index in [1.807, 2.05) is 56.0 Å². The summed E-state index contributed by atoms with van der Waals surface area (Å²) in [6.07, 6.45) is 0.677. The zero-order chi connectivity index (χ0) is 18.1. The number of hydrogen-bond donors (Lipinski definition) is 0. The zero-order valence-electron chi connectivity index (χ0n) is 15.4. The van der Waals surface area contributed by atoms with Gasteiger partial charge in [0.1, 0.15) is 6.04 Å². The molecule has 1 aliphatic rings. The molecule has 1 atom stereocenters. The SMILES string of the molecule is CCO[Si](CCCOC(=O)[C@@H]1CN1c1ccccc1)(OCC)OCC. The van der Waals surface area contributed by atoms with Crippen molar-refractivity contribution in [2.45, 2.75) is 39.3 Å². The first-order chi connectivity index (χ1) is 12.2. The first kappa shape index (κ1) is 19.9. The van der Waals surface area contributed by atoms with Gasteiger partial charge in [0.2, 0.25) is 0 Å². The Balaban J connectivity index is 1.73. The van der Waals surface area contributed by atoms with E-state index in [-0.39, 0.29) is 12.0 Å². The van der Waals surface area contributed by atoms with Gasteiger partial charge in [0.25, 0.3) is 0 Å². The number of ether oxygens (including phenoxy) is 1. The highest BCUT2D eigenvalue weighted by Crippen LogP contribution is 2.28. The van der Waals surface area contributed by atoms with Crippen LogP contribution in [0.1, 0.15) is 27.2 Å². The van der Waals surface area contributed by atoms with Crippen LogP contribution >= 0.6 is 0 Å². The predicted molar refractivity (Wildman–Crippen MR) is 98.6 cm³/mol. The number of rotatable bonds is 12. The van der Waals surface area contributed by atoms with Crippen molar-refractivity contribution in [2.24, 2.45) is 0 Å². The molecule has 0 unspecified atom stereocenters. The molecule has 2 rings (SSSR count). The van der Waals surface area contributed by atoms with Crippen LogP contribution in [0.2, 0.25) is 6.04 Å². The molecule has 1 aromatic rings. The van der Waals surface area contributed by atoms with Crippen LogP contribution in [0.3, 0.4) is 0 Å². The standard InChI is InChI=1S/C18H29NO5Si/c1-4-22-25(23-5-2,24-6-3)14-10-13-21-18(20)17-15-19(17)16-11-8-7-9-12-16/h7-9,11-12,17H,4-6,10,13-15H2,1-3H3/t17-,19?/m0/s1. The summed E-state index contributed by atoms with van der Waals surface area (Å²) in [6, 6.07) is 10.4. The number of benzene rings is 1. The molecule has 0 aliphatic carbocycles. The molecule has 1 heterocycles. The molecule has 0 N–H and O–H groups in total. The number of anilines is 1. The van der Waals surface area contributed by atoms with Gasteiger partial charge in [0, 0.05) is 31.6 Å². The van der Waals surface area contributed by atoms with Crippen molar-refractivity contribution in [3.8, 4) is 0 Å². The molecule has 0 amide bonds. The van der Waals surface area contributed by atoms with Crippen molar-refractivity contribution in [3.63, 3.8) is 0 Å².